The predicted molar refractivity (Wildman–Crippen MR) is 98.2 cm³/mol. The van der Waals surface area contributed by atoms with Crippen LogP contribution in [0.3, 0.4) is 0 Å². The fourth-order valence-electron chi connectivity index (χ4n) is 2.58. The van der Waals surface area contributed by atoms with Gasteiger partial charge in [-0.05, 0) is 24.3 Å². The topological polar surface area (TPSA) is 73.1 Å². The van der Waals surface area contributed by atoms with Crippen LogP contribution in [0.15, 0.2) is 53.8 Å². The van der Waals surface area contributed by atoms with Gasteiger partial charge in [-0.3, -0.25) is 4.79 Å². The molecule has 3 aromatic rings. The molecule has 2 aromatic heterocycles. The minimum absolute atomic E-state index is 0.174. The normalized spacial score (nSPS) is 13.3. The lowest BCUT2D eigenvalue weighted by Gasteiger charge is -2.29. The molecule has 0 saturated heterocycles. The van der Waals surface area contributed by atoms with Crippen molar-refractivity contribution in [3.05, 3.63) is 65.2 Å². The third-order valence-electron chi connectivity index (χ3n) is 3.79. The number of hydrogen-bond acceptors (Lipinski definition) is 6. The van der Waals surface area contributed by atoms with Crippen molar-refractivity contribution in [1.29, 1.82) is 0 Å². The van der Waals surface area contributed by atoms with Crippen LogP contribution in [0.2, 0.25) is 5.15 Å². The molecule has 1 aromatic carbocycles. The zero-order valence-corrected chi connectivity index (χ0v) is 15.2. The van der Waals surface area contributed by atoms with Gasteiger partial charge in [-0.1, -0.05) is 41.6 Å². The van der Waals surface area contributed by atoms with Crippen LogP contribution in [0.25, 0.3) is 0 Å². The van der Waals surface area contributed by atoms with Crippen LogP contribution in [0.4, 0.5) is 0 Å². The van der Waals surface area contributed by atoms with Crippen molar-refractivity contribution in [3.8, 4) is 5.75 Å². The summed E-state index contributed by atoms with van der Waals surface area (Å²) in [7, 11) is 0. The number of fused-ring (bicyclic) bond motifs is 1. The van der Waals surface area contributed by atoms with E-state index in [1.807, 2.05) is 30.3 Å². The highest BCUT2D eigenvalue weighted by molar-refractivity contribution is 7.99. The first kappa shape index (κ1) is 16.9. The van der Waals surface area contributed by atoms with Crippen molar-refractivity contribution in [3.63, 3.8) is 0 Å². The smallest absolute Gasteiger partial charge is 0.275 e. The molecule has 1 aliphatic heterocycles. The molecule has 0 atom stereocenters. The Hall–Kier alpha value is -2.58. The molecular weight excluding hydrogens is 374 g/mol. The van der Waals surface area contributed by atoms with Crippen LogP contribution < -0.4 is 9.75 Å². The number of hydrogen-bond donors (Lipinski definition) is 0. The van der Waals surface area contributed by atoms with Gasteiger partial charge in [0.1, 0.15) is 17.5 Å². The maximum atomic E-state index is 13.0. The molecular formula is C17H14ClN5O2S. The van der Waals surface area contributed by atoms with Crippen LogP contribution in [-0.2, 0) is 6.61 Å². The van der Waals surface area contributed by atoms with E-state index in [1.54, 1.807) is 39.8 Å². The Morgan fingerprint density at radius 1 is 1.19 bits per heavy atom. The van der Waals surface area contributed by atoms with E-state index in [-0.39, 0.29) is 17.7 Å². The third kappa shape index (κ3) is 3.25. The summed E-state index contributed by atoms with van der Waals surface area (Å²) >= 11 is 7.63. The number of benzene rings is 1. The molecule has 0 spiro atoms. The number of carbonyl (C=O) groups is 1. The lowest BCUT2D eigenvalue weighted by Crippen LogP contribution is -2.46. The summed E-state index contributed by atoms with van der Waals surface area (Å²) in [6.45, 7) is 0.709. The Balaban J connectivity index is 1.62. The Morgan fingerprint density at radius 3 is 2.85 bits per heavy atom. The predicted octanol–water partition coefficient (Wildman–Crippen LogP) is 2.79. The molecule has 0 aliphatic carbocycles. The van der Waals surface area contributed by atoms with Gasteiger partial charge in [-0.15, -0.1) is 10.2 Å². The average Bonchev–Trinajstić information content (AvgIpc) is 3.10. The van der Waals surface area contributed by atoms with E-state index in [0.717, 1.165) is 11.5 Å². The van der Waals surface area contributed by atoms with Gasteiger partial charge >= 0.3 is 0 Å². The van der Waals surface area contributed by atoms with Crippen molar-refractivity contribution >= 4 is 29.3 Å². The second-order valence-corrected chi connectivity index (χ2v) is 6.85. The van der Waals surface area contributed by atoms with Crippen LogP contribution in [0.5, 0.6) is 5.75 Å². The van der Waals surface area contributed by atoms with Crippen molar-refractivity contribution < 1.29 is 9.53 Å². The van der Waals surface area contributed by atoms with Crippen molar-refractivity contribution in [2.75, 3.05) is 17.3 Å². The number of nitrogens with zero attached hydrogens (tertiary/aromatic N) is 5. The van der Waals surface area contributed by atoms with Gasteiger partial charge in [0.05, 0.1) is 12.1 Å². The second-order valence-electron chi connectivity index (χ2n) is 5.43. The number of para-hydroxylation sites is 1. The summed E-state index contributed by atoms with van der Waals surface area (Å²) in [6.07, 6.45) is 1.55. The van der Waals surface area contributed by atoms with Crippen LogP contribution in [0, 0.1) is 0 Å². The van der Waals surface area contributed by atoms with E-state index in [0.29, 0.717) is 23.1 Å². The summed E-state index contributed by atoms with van der Waals surface area (Å²) in [5.74, 6) is 1.75. The summed E-state index contributed by atoms with van der Waals surface area (Å²) in [5, 5.41) is 10.8. The molecule has 7 nitrogen and oxygen atoms in total. The molecule has 0 radical (unpaired) electrons. The maximum absolute atomic E-state index is 13.0. The lowest BCUT2D eigenvalue weighted by molar-refractivity contribution is 0.0952. The highest BCUT2D eigenvalue weighted by Gasteiger charge is 2.29. The monoisotopic (exact) mass is 387 g/mol. The maximum Gasteiger partial charge on any atom is 0.275 e. The van der Waals surface area contributed by atoms with E-state index in [9.17, 15) is 4.79 Å². The second kappa shape index (κ2) is 7.35. The van der Waals surface area contributed by atoms with E-state index < -0.39 is 0 Å². The zero-order valence-electron chi connectivity index (χ0n) is 13.6. The Labute approximate surface area is 158 Å². The standard InChI is InChI=1S/C17H14ClN5O2S/c18-15-13(7-4-8-19-15)16(24)22-9-10-26-17-21-20-14(23(17)22)11-25-12-5-2-1-3-6-12/h1-8H,9-11H2. The Kier molecular flexibility index (Phi) is 4.77. The zero-order chi connectivity index (χ0) is 17.9. The molecule has 0 saturated carbocycles. The van der Waals surface area contributed by atoms with E-state index in [2.05, 4.69) is 15.2 Å². The van der Waals surface area contributed by atoms with Gasteiger partial charge in [-0.2, -0.15) is 0 Å². The minimum atomic E-state index is -0.245. The van der Waals surface area contributed by atoms with Gasteiger partial charge in [0, 0.05) is 11.9 Å². The lowest BCUT2D eigenvalue weighted by atomic mass is 10.2. The molecule has 26 heavy (non-hydrogen) atoms. The summed E-state index contributed by atoms with van der Waals surface area (Å²) in [4.78, 5) is 17.0. The number of amides is 1. The fourth-order valence-corrected chi connectivity index (χ4v) is 3.65. The van der Waals surface area contributed by atoms with Crippen LogP contribution >= 0.6 is 23.4 Å². The van der Waals surface area contributed by atoms with Gasteiger partial charge in [0.15, 0.2) is 5.82 Å². The van der Waals surface area contributed by atoms with Crippen LogP contribution in [-0.4, -0.2) is 38.1 Å². The Bertz CT molecular complexity index is 934. The van der Waals surface area contributed by atoms with Crippen molar-refractivity contribution in [2.24, 2.45) is 0 Å². The first-order chi connectivity index (χ1) is 12.7. The third-order valence-corrected chi connectivity index (χ3v) is 4.99. The van der Waals surface area contributed by atoms with Crippen molar-refractivity contribution in [1.82, 2.24) is 19.9 Å². The largest absolute Gasteiger partial charge is 0.486 e. The number of halogens is 1. The first-order valence-corrected chi connectivity index (χ1v) is 9.28. The molecule has 1 amide bonds. The molecule has 3 heterocycles. The molecule has 0 fully saturated rings. The minimum Gasteiger partial charge on any atom is -0.486 e. The van der Waals surface area contributed by atoms with Gasteiger partial charge in [-0.25, -0.2) is 14.7 Å². The Morgan fingerprint density at radius 2 is 2.04 bits per heavy atom. The molecule has 132 valence electrons. The van der Waals surface area contributed by atoms with E-state index in [1.165, 1.54) is 0 Å². The fraction of sp³-hybridized carbons (Fsp3) is 0.176. The number of carbonyl (C=O) groups excluding carboxylic acids is 1. The SMILES string of the molecule is O=C(c1cccnc1Cl)N1CCSc2nnc(COc3ccccc3)n21. The molecule has 9 heteroatoms. The highest BCUT2D eigenvalue weighted by Crippen LogP contribution is 2.25. The van der Waals surface area contributed by atoms with Crippen molar-refractivity contribution in [2.45, 2.75) is 11.8 Å². The number of thioether (sulfide) groups is 1. The average molecular weight is 388 g/mol. The molecule has 4 rings (SSSR count). The molecule has 0 unspecified atom stereocenters. The number of ether oxygens (including phenoxy) is 1. The van der Waals surface area contributed by atoms with Gasteiger partial charge < -0.3 is 4.74 Å². The molecule has 0 bridgehead atoms. The summed E-state index contributed by atoms with van der Waals surface area (Å²) in [6, 6.07) is 12.8. The summed E-state index contributed by atoms with van der Waals surface area (Å²) < 4.78 is 7.46. The molecule has 0 N–H and O–H groups in total. The van der Waals surface area contributed by atoms with Gasteiger partial charge in [0.25, 0.3) is 5.91 Å². The summed E-state index contributed by atoms with van der Waals surface area (Å²) in [5.41, 5.74) is 0.343. The van der Waals surface area contributed by atoms with Crippen LogP contribution in [0.1, 0.15) is 16.2 Å². The first-order valence-electron chi connectivity index (χ1n) is 7.91. The number of pyridine rings is 1. The number of rotatable bonds is 4. The molecule has 1 aliphatic rings. The van der Waals surface area contributed by atoms with Gasteiger partial charge in [0.2, 0.25) is 5.16 Å². The van der Waals surface area contributed by atoms with E-state index >= 15 is 0 Å². The quantitative estimate of drug-likeness (QED) is 0.641. The highest BCUT2D eigenvalue weighted by atomic mass is 35.5. The number of aromatic nitrogens is 4. The van der Waals surface area contributed by atoms with E-state index in [4.69, 9.17) is 16.3 Å².